The summed E-state index contributed by atoms with van der Waals surface area (Å²) in [5, 5.41) is 13.5. The van der Waals surface area contributed by atoms with Crippen molar-refractivity contribution in [2.75, 3.05) is 13.2 Å². The molecule has 0 spiro atoms. The van der Waals surface area contributed by atoms with Gasteiger partial charge in [0.1, 0.15) is 18.5 Å². The Morgan fingerprint density at radius 1 is 1.14 bits per heavy atom. The van der Waals surface area contributed by atoms with Crippen LogP contribution in [-0.2, 0) is 12.8 Å². The second-order valence-electron chi connectivity index (χ2n) is 8.67. The van der Waals surface area contributed by atoms with Gasteiger partial charge in [-0.1, -0.05) is 42.5 Å². The zero-order valence-electron chi connectivity index (χ0n) is 17.1. The van der Waals surface area contributed by atoms with Crippen LogP contribution >= 0.6 is 0 Å². The van der Waals surface area contributed by atoms with E-state index in [-0.39, 0.29) is 23.8 Å². The van der Waals surface area contributed by atoms with E-state index in [4.69, 9.17) is 4.74 Å². The van der Waals surface area contributed by atoms with E-state index in [9.17, 15) is 9.90 Å². The fourth-order valence-electron chi connectivity index (χ4n) is 3.62. The summed E-state index contributed by atoms with van der Waals surface area (Å²) in [6.45, 7) is 6.86. The normalized spacial score (nSPS) is 17.9. The number of ether oxygens (including phenoxy) is 1. The smallest absolute Gasteiger partial charge is 0.166 e. The van der Waals surface area contributed by atoms with E-state index in [1.807, 2.05) is 36.4 Å². The summed E-state index contributed by atoms with van der Waals surface area (Å²) in [6, 6.07) is 15.9. The number of hydrogen-bond donors (Lipinski definition) is 2. The Bertz CT molecular complexity index is 795. The Labute approximate surface area is 167 Å². The van der Waals surface area contributed by atoms with Crippen LogP contribution in [0.3, 0.4) is 0 Å². The average Bonchev–Trinajstić information content (AvgIpc) is 2.67. The Hall–Kier alpha value is -2.17. The third kappa shape index (κ3) is 5.43. The summed E-state index contributed by atoms with van der Waals surface area (Å²) in [6.07, 6.45) is 1.84. The summed E-state index contributed by atoms with van der Waals surface area (Å²) >= 11 is 0. The molecule has 28 heavy (non-hydrogen) atoms. The highest BCUT2D eigenvalue weighted by Gasteiger charge is 2.29. The molecule has 0 saturated heterocycles. The average molecular weight is 382 g/mol. The topological polar surface area (TPSA) is 58.6 Å². The van der Waals surface area contributed by atoms with Crippen molar-refractivity contribution in [3.05, 3.63) is 65.2 Å². The van der Waals surface area contributed by atoms with Crippen molar-refractivity contribution < 1.29 is 14.6 Å². The van der Waals surface area contributed by atoms with Gasteiger partial charge in [-0.25, -0.2) is 0 Å². The third-order valence-corrected chi connectivity index (χ3v) is 5.14. The number of nitrogens with one attached hydrogen (secondary N) is 1. The molecule has 2 aromatic rings. The van der Waals surface area contributed by atoms with Crippen LogP contribution in [0.4, 0.5) is 0 Å². The lowest BCUT2D eigenvalue weighted by Crippen LogP contribution is -2.42. The van der Waals surface area contributed by atoms with Crippen molar-refractivity contribution in [3.8, 4) is 5.75 Å². The first-order chi connectivity index (χ1) is 13.3. The molecule has 2 atom stereocenters. The Kier molecular flexibility index (Phi) is 6.53. The van der Waals surface area contributed by atoms with Crippen LogP contribution in [0.1, 0.15) is 48.7 Å². The quantitative estimate of drug-likeness (QED) is 0.766. The lowest BCUT2D eigenvalue weighted by atomic mass is 9.79. The van der Waals surface area contributed by atoms with Gasteiger partial charge < -0.3 is 15.2 Å². The number of carbonyl (C=O) groups excluding carboxylic acids is 1. The maximum Gasteiger partial charge on any atom is 0.166 e. The molecule has 0 aromatic heterocycles. The molecule has 0 aliphatic heterocycles. The van der Waals surface area contributed by atoms with E-state index < -0.39 is 6.10 Å². The summed E-state index contributed by atoms with van der Waals surface area (Å²) in [5.41, 5.74) is 2.90. The van der Waals surface area contributed by atoms with Crippen LogP contribution in [0.15, 0.2) is 48.5 Å². The highest BCUT2D eigenvalue weighted by Crippen LogP contribution is 2.33. The Morgan fingerprint density at radius 3 is 2.61 bits per heavy atom. The van der Waals surface area contributed by atoms with Crippen molar-refractivity contribution in [2.24, 2.45) is 5.92 Å². The lowest BCUT2D eigenvalue weighted by Gasteiger charge is -2.26. The molecule has 1 aliphatic carbocycles. The molecule has 4 nitrogen and oxygen atoms in total. The van der Waals surface area contributed by atoms with Crippen LogP contribution in [0.25, 0.3) is 0 Å². The molecule has 3 rings (SSSR count). The second kappa shape index (κ2) is 8.89. The van der Waals surface area contributed by atoms with Crippen molar-refractivity contribution in [1.29, 1.82) is 0 Å². The van der Waals surface area contributed by atoms with Gasteiger partial charge in [0.05, 0.1) is 0 Å². The van der Waals surface area contributed by atoms with E-state index in [2.05, 4.69) is 38.2 Å². The molecule has 0 fully saturated rings. The van der Waals surface area contributed by atoms with E-state index in [0.717, 1.165) is 36.1 Å². The molecule has 1 aliphatic rings. The minimum absolute atomic E-state index is 0.0201. The minimum Gasteiger partial charge on any atom is -0.491 e. The molecular weight excluding hydrogens is 350 g/mol. The molecule has 2 aromatic carbocycles. The first-order valence-electron chi connectivity index (χ1n) is 10.1. The van der Waals surface area contributed by atoms with E-state index in [0.29, 0.717) is 6.54 Å². The summed E-state index contributed by atoms with van der Waals surface area (Å²) < 4.78 is 5.89. The maximum absolute atomic E-state index is 13.0. The van der Waals surface area contributed by atoms with Gasteiger partial charge in [0, 0.05) is 29.1 Å². The fourth-order valence-corrected chi connectivity index (χ4v) is 3.62. The number of Topliss-reactive ketones (excluding diaryl/α,β-unsaturated/α-hetero) is 1. The van der Waals surface area contributed by atoms with E-state index in [1.54, 1.807) is 0 Å². The van der Waals surface area contributed by atoms with Crippen LogP contribution in [-0.4, -0.2) is 35.7 Å². The monoisotopic (exact) mass is 381 g/mol. The van der Waals surface area contributed by atoms with Gasteiger partial charge in [-0.3, -0.25) is 4.79 Å². The molecule has 0 amide bonds. The third-order valence-electron chi connectivity index (χ3n) is 5.14. The van der Waals surface area contributed by atoms with Gasteiger partial charge in [-0.2, -0.15) is 0 Å². The SMILES string of the molecule is CC(C)(C)NCC(O)COc1cccc2c1CCC(Cc1ccccc1)C2=O. The van der Waals surface area contributed by atoms with Gasteiger partial charge in [0.25, 0.3) is 0 Å². The fraction of sp³-hybridized carbons (Fsp3) is 0.458. The number of benzene rings is 2. The van der Waals surface area contributed by atoms with Gasteiger partial charge >= 0.3 is 0 Å². The van der Waals surface area contributed by atoms with Crippen molar-refractivity contribution >= 4 is 5.78 Å². The molecule has 2 unspecified atom stereocenters. The summed E-state index contributed by atoms with van der Waals surface area (Å²) in [4.78, 5) is 13.0. The second-order valence-corrected chi connectivity index (χ2v) is 8.67. The first-order valence-corrected chi connectivity index (χ1v) is 10.1. The molecule has 0 bridgehead atoms. The van der Waals surface area contributed by atoms with Crippen LogP contribution < -0.4 is 10.1 Å². The molecule has 150 valence electrons. The zero-order chi connectivity index (χ0) is 20.1. The number of fused-ring (bicyclic) bond motifs is 1. The van der Waals surface area contributed by atoms with Crippen LogP contribution in [0.5, 0.6) is 5.75 Å². The summed E-state index contributed by atoms with van der Waals surface area (Å²) in [5.74, 6) is 0.941. The molecule has 4 heteroatoms. The maximum atomic E-state index is 13.0. The predicted molar refractivity (Wildman–Crippen MR) is 112 cm³/mol. The molecule has 0 heterocycles. The molecule has 0 saturated carbocycles. The number of aliphatic hydroxyl groups is 1. The number of carbonyl (C=O) groups is 1. The van der Waals surface area contributed by atoms with Crippen molar-refractivity contribution in [2.45, 2.75) is 51.7 Å². The summed E-state index contributed by atoms with van der Waals surface area (Å²) in [7, 11) is 0. The molecular formula is C24H31NO3. The number of rotatable bonds is 7. The van der Waals surface area contributed by atoms with Crippen LogP contribution in [0.2, 0.25) is 0 Å². The zero-order valence-corrected chi connectivity index (χ0v) is 17.1. The predicted octanol–water partition coefficient (Wildman–Crippen LogP) is 3.80. The van der Waals surface area contributed by atoms with Gasteiger partial charge in [0.2, 0.25) is 0 Å². The number of β-amino-alcohol motifs (C(OH)–C–C–N with tert-alkyl or cyclic N) is 1. The molecule has 0 radical (unpaired) electrons. The van der Waals surface area contributed by atoms with Gasteiger partial charge in [-0.05, 0) is 51.7 Å². The van der Waals surface area contributed by atoms with Gasteiger partial charge in [0.15, 0.2) is 5.78 Å². The Balaban J connectivity index is 1.64. The largest absolute Gasteiger partial charge is 0.491 e. The van der Waals surface area contributed by atoms with Crippen molar-refractivity contribution in [1.82, 2.24) is 5.32 Å². The van der Waals surface area contributed by atoms with E-state index >= 15 is 0 Å². The molecule has 2 N–H and O–H groups in total. The number of hydrogen-bond acceptors (Lipinski definition) is 4. The van der Waals surface area contributed by atoms with Crippen molar-refractivity contribution in [3.63, 3.8) is 0 Å². The highest BCUT2D eigenvalue weighted by molar-refractivity contribution is 6.01. The first kappa shape index (κ1) is 20.6. The van der Waals surface area contributed by atoms with Crippen LogP contribution in [0, 0.1) is 5.92 Å². The minimum atomic E-state index is -0.597. The number of ketones is 1. The standard InChI is InChI=1S/C24H31NO3/c1-24(2,3)25-15-19(26)16-28-22-11-7-10-21-20(22)13-12-18(23(21)27)14-17-8-5-4-6-9-17/h4-11,18-19,25-26H,12-16H2,1-3H3. The Morgan fingerprint density at radius 2 is 1.89 bits per heavy atom. The lowest BCUT2D eigenvalue weighted by molar-refractivity contribution is 0.0893. The van der Waals surface area contributed by atoms with E-state index in [1.165, 1.54) is 5.56 Å². The highest BCUT2D eigenvalue weighted by atomic mass is 16.5. The number of aliphatic hydroxyl groups excluding tert-OH is 1. The van der Waals surface area contributed by atoms with Gasteiger partial charge in [-0.15, -0.1) is 0 Å².